The maximum atomic E-state index is 11.8. The van der Waals surface area contributed by atoms with E-state index in [1.807, 2.05) is 25.1 Å². The molecule has 0 bridgehead atoms. The number of ether oxygens (including phenoxy) is 2. The number of fused-ring (bicyclic) bond motifs is 1. The fourth-order valence-electron chi connectivity index (χ4n) is 3.47. The highest BCUT2D eigenvalue weighted by Crippen LogP contribution is 2.33. The Morgan fingerprint density at radius 1 is 1.35 bits per heavy atom. The smallest absolute Gasteiger partial charge is 0.211 e. The molecule has 0 radical (unpaired) electrons. The zero-order valence-electron chi connectivity index (χ0n) is 13.6. The number of nitrogens with zero attached hydrogens (tertiary/aromatic N) is 2. The monoisotopic (exact) mass is 340 g/mol. The summed E-state index contributed by atoms with van der Waals surface area (Å²) in [5.41, 5.74) is 1.90. The summed E-state index contributed by atoms with van der Waals surface area (Å²) in [4.78, 5) is 4.41. The second kappa shape index (κ2) is 6.84. The van der Waals surface area contributed by atoms with Gasteiger partial charge in [-0.2, -0.15) is 4.31 Å². The fraction of sp³-hybridized carbons (Fsp3) is 0.688. The largest absolute Gasteiger partial charge is 0.372 e. The lowest BCUT2D eigenvalue weighted by atomic mass is 10.0. The predicted molar refractivity (Wildman–Crippen MR) is 86.5 cm³/mol. The summed E-state index contributed by atoms with van der Waals surface area (Å²) in [6.07, 6.45) is 3.76. The molecule has 1 aromatic rings. The third-order valence-electron chi connectivity index (χ3n) is 4.51. The summed E-state index contributed by atoms with van der Waals surface area (Å²) in [6.45, 7) is 3.53. The van der Waals surface area contributed by atoms with E-state index in [1.165, 1.54) is 6.26 Å². The van der Waals surface area contributed by atoms with E-state index in [0.29, 0.717) is 19.8 Å². The van der Waals surface area contributed by atoms with Gasteiger partial charge in [0.15, 0.2) is 0 Å². The van der Waals surface area contributed by atoms with Gasteiger partial charge in [0, 0.05) is 12.2 Å². The Labute approximate surface area is 137 Å². The van der Waals surface area contributed by atoms with Crippen molar-refractivity contribution in [3.63, 3.8) is 0 Å². The summed E-state index contributed by atoms with van der Waals surface area (Å²) in [5.74, 6) is 0. The first kappa shape index (κ1) is 16.8. The second-order valence-corrected chi connectivity index (χ2v) is 8.32. The van der Waals surface area contributed by atoms with Gasteiger partial charge in [-0.3, -0.25) is 4.98 Å². The maximum Gasteiger partial charge on any atom is 0.211 e. The molecule has 3 atom stereocenters. The van der Waals surface area contributed by atoms with Gasteiger partial charge in [0.25, 0.3) is 0 Å². The van der Waals surface area contributed by atoms with E-state index in [-0.39, 0.29) is 18.2 Å². The average molecular weight is 340 g/mol. The standard InChI is InChI=1S/C16H24N2O4S/c1-12-4-3-5-13(17-12)10-21-11-14-6-7-15-16(22-14)8-9-18(15)23(2,19)20/h3-5,14-16H,6-11H2,1-2H3/t14-,15-,16-/m0/s1. The third kappa shape index (κ3) is 4.09. The molecule has 0 aromatic carbocycles. The van der Waals surface area contributed by atoms with E-state index in [2.05, 4.69) is 4.98 Å². The van der Waals surface area contributed by atoms with Gasteiger partial charge < -0.3 is 9.47 Å². The van der Waals surface area contributed by atoms with Crippen molar-refractivity contribution in [2.45, 2.75) is 51.0 Å². The normalized spacial score (nSPS) is 28.7. The molecule has 0 unspecified atom stereocenters. The molecule has 23 heavy (non-hydrogen) atoms. The molecular weight excluding hydrogens is 316 g/mol. The molecule has 0 amide bonds. The highest BCUT2D eigenvalue weighted by atomic mass is 32.2. The van der Waals surface area contributed by atoms with Crippen molar-refractivity contribution >= 4 is 10.0 Å². The minimum Gasteiger partial charge on any atom is -0.372 e. The number of aromatic nitrogens is 1. The van der Waals surface area contributed by atoms with Crippen LogP contribution in [-0.2, 0) is 26.1 Å². The minimum absolute atomic E-state index is 0.000287. The SMILES string of the molecule is Cc1cccc(COC[C@@H]2CC[C@H]3[C@H](CCN3S(C)(=O)=O)O2)n1. The highest BCUT2D eigenvalue weighted by Gasteiger charge is 2.43. The Kier molecular flexibility index (Phi) is 5.01. The van der Waals surface area contributed by atoms with Gasteiger partial charge >= 0.3 is 0 Å². The summed E-state index contributed by atoms with van der Waals surface area (Å²) in [6, 6.07) is 5.88. The van der Waals surface area contributed by atoms with Crippen LogP contribution in [0.1, 0.15) is 30.7 Å². The quantitative estimate of drug-likeness (QED) is 0.812. The molecule has 2 saturated heterocycles. The number of sulfonamides is 1. The Hall–Kier alpha value is -1.02. The van der Waals surface area contributed by atoms with Gasteiger partial charge in [0.1, 0.15) is 0 Å². The number of pyridine rings is 1. The Morgan fingerprint density at radius 3 is 2.91 bits per heavy atom. The zero-order chi connectivity index (χ0) is 16.4. The van der Waals surface area contributed by atoms with Crippen LogP contribution in [0.25, 0.3) is 0 Å². The molecule has 2 aliphatic heterocycles. The Balaban J connectivity index is 1.48. The Morgan fingerprint density at radius 2 is 2.17 bits per heavy atom. The van der Waals surface area contributed by atoms with Crippen LogP contribution in [0, 0.1) is 6.92 Å². The van der Waals surface area contributed by atoms with E-state index in [4.69, 9.17) is 9.47 Å². The lowest BCUT2D eigenvalue weighted by Crippen LogP contribution is -2.45. The summed E-state index contributed by atoms with van der Waals surface area (Å²) in [5, 5.41) is 0. The van der Waals surface area contributed by atoms with Crippen molar-refractivity contribution in [2.24, 2.45) is 0 Å². The molecule has 7 heteroatoms. The van der Waals surface area contributed by atoms with Crippen molar-refractivity contribution in [1.82, 2.24) is 9.29 Å². The molecule has 0 saturated carbocycles. The number of hydrogen-bond acceptors (Lipinski definition) is 5. The third-order valence-corrected chi connectivity index (χ3v) is 5.82. The van der Waals surface area contributed by atoms with Crippen molar-refractivity contribution in [3.8, 4) is 0 Å². The molecule has 3 rings (SSSR count). The summed E-state index contributed by atoms with van der Waals surface area (Å²) < 4.78 is 36.9. The van der Waals surface area contributed by atoms with Crippen LogP contribution in [-0.4, -0.2) is 55.4 Å². The number of aryl methyl sites for hydroxylation is 1. The minimum atomic E-state index is -3.13. The lowest BCUT2D eigenvalue weighted by Gasteiger charge is -2.35. The van der Waals surface area contributed by atoms with Crippen LogP contribution in [0.3, 0.4) is 0 Å². The molecule has 0 spiro atoms. The van der Waals surface area contributed by atoms with Gasteiger partial charge in [-0.25, -0.2) is 8.42 Å². The van der Waals surface area contributed by atoms with Crippen molar-refractivity contribution in [2.75, 3.05) is 19.4 Å². The van der Waals surface area contributed by atoms with E-state index in [1.54, 1.807) is 4.31 Å². The Bertz CT molecular complexity index is 649. The van der Waals surface area contributed by atoms with E-state index in [9.17, 15) is 8.42 Å². The molecule has 128 valence electrons. The lowest BCUT2D eigenvalue weighted by molar-refractivity contribution is -0.0963. The van der Waals surface area contributed by atoms with Gasteiger partial charge in [-0.1, -0.05) is 6.07 Å². The summed E-state index contributed by atoms with van der Waals surface area (Å²) >= 11 is 0. The van der Waals surface area contributed by atoms with E-state index < -0.39 is 10.0 Å². The van der Waals surface area contributed by atoms with Gasteiger partial charge in [-0.15, -0.1) is 0 Å². The zero-order valence-corrected chi connectivity index (χ0v) is 14.5. The van der Waals surface area contributed by atoms with Crippen molar-refractivity contribution in [3.05, 3.63) is 29.6 Å². The molecule has 1 aromatic heterocycles. The van der Waals surface area contributed by atoms with Crippen LogP contribution in [0.2, 0.25) is 0 Å². The van der Waals surface area contributed by atoms with E-state index >= 15 is 0 Å². The number of hydrogen-bond donors (Lipinski definition) is 0. The molecule has 6 nitrogen and oxygen atoms in total. The van der Waals surface area contributed by atoms with Crippen molar-refractivity contribution < 1.29 is 17.9 Å². The molecule has 0 N–H and O–H groups in total. The van der Waals surface area contributed by atoms with Crippen LogP contribution in [0.5, 0.6) is 0 Å². The highest BCUT2D eigenvalue weighted by molar-refractivity contribution is 7.88. The van der Waals surface area contributed by atoms with Crippen LogP contribution in [0.4, 0.5) is 0 Å². The molecule has 3 heterocycles. The van der Waals surface area contributed by atoms with Gasteiger partial charge in [-0.05, 0) is 38.3 Å². The molecule has 0 aliphatic carbocycles. The maximum absolute atomic E-state index is 11.8. The fourth-order valence-corrected chi connectivity index (χ4v) is 4.64. The topological polar surface area (TPSA) is 68.7 Å². The first-order valence-corrected chi connectivity index (χ1v) is 9.91. The predicted octanol–water partition coefficient (Wildman–Crippen LogP) is 1.49. The van der Waals surface area contributed by atoms with E-state index in [0.717, 1.165) is 30.7 Å². The summed E-state index contributed by atoms with van der Waals surface area (Å²) in [7, 11) is -3.13. The van der Waals surface area contributed by atoms with Crippen LogP contribution < -0.4 is 0 Å². The molecule has 2 aliphatic rings. The number of rotatable bonds is 5. The molecular formula is C16H24N2O4S. The average Bonchev–Trinajstić information content (AvgIpc) is 2.90. The van der Waals surface area contributed by atoms with Crippen LogP contribution in [0.15, 0.2) is 18.2 Å². The van der Waals surface area contributed by atoms with Gasteiger partial charge in [0.05, 0.1) is 43.4 Å². The van der Waals surface area contributed by atoms with Gasteiger partial charge in [0.2, 0.25) is 10.0 Å². The molecule has 2 fully saturated rings. The van der Waals surface area contributed by atoms with Crippen molar-refractivity contribution in [1.29, 1.82) is 0 Å². The first-order chi connectivity index (χ1) is 10.9. The second-order valence-electron chi connectivity index (χ2n) is 6.39. The van der Waals surface area contributed by atoms with Crippen LogP contribution >= 0.6 is 0 Å². The first-order valence-electron chi connectivity index (χ1n) is 8.06.